The van der Waals surface area contributed by atoms with E-state index in [-0.39, 0.29) is 12.5 Å². The number of carbonyl (C=O) groups is 1. The van der Waals surface area contributed by atoms with Crippen molar-refractivity contribution < 1.29 is 9.18 Å². The van der Waals surface area contributed by atoms with Gasteiger partial charge in [0.2, 0.25) is 5.91 Å². The van der Waals surface area contributed by atoms with Crippen molar-refractivity contribution in [1.29, 1.82) is 0 Å². The molecule has 0 spiro atoms. The van der Waals surface area contributed by atoms with Crippen molar-refractivity contribution in [3.8, 4) is 0 Å². The SMILES string of the molecule is C=C(C)C(=O)NCC=CF. The molecule has 1 N–H and O–H groups in total. The van der Waals surface area contributed by atoms with Gasteiger partial charge in [-0.05, 0) is 13.0 Å². The molecule has 0 aliphatic carbocycles. The lowest BCUT2D eigenvalue weighted by atomic mass is 10.3. The first-order valence-corrected chi connectivity index (χ1v) is 2.87. The second-order valence-electron chi connectivity index (χ2n) is 1.85. The molecule has 0 aromatic carbocycles. The van der Waals surface area contributed by atoms with E-state index in [1.54, 1.807) is 6.92 Å². The predicted octanol–water partition coefficient (Wildman–Crippen LogP) is 1.16. The average molecular weight is 143 g/mol. The highest BCUT2D eigenvalue weighted by atomic mass is 19.1. The largest absolute Gasteiger partial charge is 0.349 e. The van der Waals surface area contributed by atoms with Crippen LogP contribution in [0.3, 0.4) is 0 Å². The first-order chi connectivity index (χ1) is 4.68. The lowest BCUT2D eigenvalue weighted by molar-refractivity contribution is -0.117. The summed E-state index contributed by atoms with van der Waals surface area (Å²) < 4.78 is 11.3. The fourth-order valence-corrected chi connectivity index (χ4v) is 0.347. The van der Waals surface area contributed by atoms with E-state index in [0.29, 0.717) is 11.9 Å². The smallest absolute Gasteiger partial charge is 0.246 e. The number of halogens is 1. The van der Waals surface area contributed by atoms with E-state index in [1.807, 2.05) is 0 Å². The van der Waals surface area contributed by atoms with Crippen molar-refractivity contribution >= 4 is 5.91 Å². The van der Waals surface area contributed by atoms with Crippen LogP contribution in [0, 0.1) is 0 Å². The lowest BCUT2D eigenvalue weighted by Gasteiger charge is -1.98. The number of nitrogens with one attached hydrogen (secondary N) is 1. The van der Waals surface area contributed by atoms with Crippen molar-refractivity contribution in [2.24, 2.45) is 0 Å². The summed E-state index contributed by atoms with van der Waals surface area (Å²) in [7, 11) is 0. The van der Waals surface area contributed by atoms with Crippen molar-refractivity contribution in [3.63, 3.8) is 0 Å². The fourth-order valence-electron chi connectivity index (χ4n) is 0.347. The number of hydrogen-bond acceptors (Lipinski definition) is 1. The predicted molar refractivity (Wildman–Crippen MR) is 38.1 cm³/mol. The molecule has 2 nitrogen and oxygen atoms in total. The van der Waals surface area contributed by atoms with Crippen LogP contribution in [-0.4, -0.2) is 12.5 Å². The van der Waals surface area contributed by atoms with E-state index in [0.717, 1.165) is 0 Å². The zero-order valence-corrected chi connectivity index (χ0v) is 5.86. The molecular weight excluding hydrogens is 133 g/mol. The molecule has 0 aromatic heterocycles. The molecule has 0 saturated carbocycles. The average Bonchev–Trinajstić information content (AvgIpc) is 1.88. The van der Waals surface area contributed by atoms with E-state index < -0.39 is 0 Å². The van der Waals surface area contributed by atoms with Crippen molar-refractivity contribution in [3.05, 3.63) is 24.6 Å². The summed E-state index contributed by atoms with van der Waals surface area (Å²) in [6.45, 7) is 5.21. The van der Waals surface area contributed by atoms with E-state index >= 15 is 0 Å². The minimum absolute atomic E-state index is 0.211. The Bertz CT molecular complexity index is 163. The number of amides is 1. The molecule has 0 rings (SSSR count). The van der Waals surface area contributed by atoms with Gasteiger partial charge in [-0.3, -0.25) is 4.79 Å². The zero-order chi connectivity index (χ0) is 7.98. The summed E-state index contributed by atoms with van der Waals surface area (Å²) in [6, 6.07) is 0. The first kappa shape index (κ1) is 8.88. The van der Waals surface area contributed by atoms with Crippen molar-refractivity contribution in [2.75, 3.05) is 6.54 Å². The van der Waals surface area contributed by atoms with Gasteiger partial charge in [-0.25, -0.2) is 4.39 Å². The Morgan fingerprint density at radius 2 is 2.40 bits per heavy atom. The number of hydrogen-bond donors (Lipinski definition) is 1. The molecular formula is C7H10FNO. The zero-order valence-electron chi connectivity index (χ0n) is 5.86. The summed E-state index contributed by atoms with van der Waals surface area (Å²) in [5.41, 5.74) is 0.423. The summed E-state index contributed by atoms with van der Waals surface area (Å²) in [4.78, 5) is 10.7. The van der Waals surface area contributed by atoms with E-state index in [1.165, 1.54) is 6.08 Å². The maximum Gasteiger partial charge on any atom is 0.246 e. The van der Waals surface area contributed by atoms with Crippen molar-refractivity contribution in [2.45, 2.75) is 6.92 Å². The summed E-state index contributed by atoms with van der Waals surface area (Å²) in [6.07, 6.45) is 1.60. The van der Waals surface area contributed by atoms with Gasteiger partial charge < -0.3 is 5.32 Å². The van der Waals surface area contributed by atoms with Crippen LogP contribution < -0.4 is 5.32 Å². The molecule has 1 amide bonds. The van der Waals surface area contributed by atoms with Gasteiger partial charge in [-0.2, -0.15) is 0 Å². The van der Waals surface area contributed by atoms with Crippen LogP contribution in [0.5, 0.6) is 0 Å². The summed E-state index contributed by atoms with van der Waals surface area (Å²) in [5, 5.41) is 2.42. The molecule has 10 heavy (non-hydrogen) atoms. The van der Waals surface area contributed by atoms with Crippen LogP contribution in [0.25, 0.3) is 0 Å². The van der Waals surface area contributed by atoms with Crippen LogP contribution in [-0.2, 0) is 4.79 Å². The minimum atomic E-state index is -0.252. The molecule has 0 saturated heterocycles. The lowest BCUT2D eigenvalue weighted by Crippen LogP contribution is -2.23. The van der Waals surface area contributed by atoms with Gasteiger partial charge >= 0.3 is 0 Å². The molecule has 0 bridgehead atoms. The highest BCUT2D eigenvalue weighted by Gasteiger charge is 1.96. The Kier molecular flexibility index (Phi) is 4.20. The van der Waals surface area contributed by atoms with Gasteiger partial charge in [0.15, 0.2) is 0 Å². The second-order valence-corrected chi connectivity index (χ2v) is 1.85. The Labute approximate surface area is 59.4 Å². The topological polar surface area (TPSA) is 29.1 Å². The maximum absolute atomic E-state index is 11.3. The third kappa shape index (κ3) is 3.83. The van der Waals surface area contributed by atoms with Crippen LogP contribution in [0.1, 0.15) is 6.92 Å². The highest BCUT2D eigenvalue weighted by molar-refractivity contribution is 5.92. The van der Waals surface area contributed by atoms with Crippen LogP contribution in [0.15, 0.2) is 24.6 Å². The Balaban J connectivity index is 3.50. The van der Waals surface area contributed by atoms with Gasteiger partial charge in [-0.1, -0.05) is 6.58 Å². The second kappa shape index (κ2) is 4.73. The Hall–Kier alpha value is -1.12. The monoisotopic (exact) mass is 143 g/mol. The van der Waals surface area contributed by atoms with Crippen LogP contribution in [0.2, 0.25) is 0 Å². The van der Waals surface area contributed by atoms with Gasteiger partial charge in [-0.15, -0.1) is 0 Å². The van der Waals surface area contributed by atoms with Gasteiger partial charge in [0, 0.05) is 12.1 Å². The number of rotatable bonds is 3. The molecule has 56 valence electrons. The van der Waals surface area contributed by atoms with E-state index in [4.69, 9.17) is 0 Å². The molecule has 3 heteroatoms. The normalized spacial score (nSPS) is 9.80. The van der Waals surface area contributed by atoms with Gasteiger partial charge in [0.1, 0.15) is 0 Å². The summed E-state index contributed by atoms with van der Waals surface area (Å²) >= 11 is 0. The molecule has 0 heterocycles. The molecule has 0 unspecified atom stereocenters. The number of carbonyl (C=O) groups excluding carboxylic acids is 1. The summed E-state index contributed by atoms with van der Waals surface area (Å²) in [5.74, 6) is -0.252. The minimum Gasteiger partial charge on any atom is -0.349 e. The van der Waals surface area contributed by atoms with Gasteiger partial charge in [0.05, 0.1) is 6.33 Å². The van der Waals surface area contributed by atoms with Crippen LogP contribution in [0.4, 0.5) is 4.39 Å². The molecule has 0 aliphatic heterocycles. The molecule has 0 fully saturated rings. The quantitative estimate of drug-likeness (QED) is 0.590. The molecule has 0 aromatic rings. The van der Waals surface area contributed by atoms with E-state index in [9.17, 15) is 9.18 Å². The third-order valence-corrected chi connectivity index (χ3v) is 0.857. The fraction of sp³-hybridized carbons (Fsp3) is 0.286. The third-order valence-electron chi connectivity index (χ3n) is 0.857. The maximum atomic E-state index is 11.3. The highest BCUT2D eigenvalue weighted by Crippen LogP contribution is 1.84. The van der Waals surface area contributed by atoms with E-state index in [2.05, 4.69) is 11.9 Å². The van der Waals surface area contributed by atoms with Crippen LogP contribution >= 0.6 is 0 Å². The Morgan fingerprint density at radius 1 is 1.80 bits per heavy atom. The molecule has 0 aliphatic rings. The van der Waals surface area contributed by atoms with Gasteiger partial charge in [0.25, 0.3) is 0 Å². The van der Waals surface area contributed by atoms with Crippen molar-refractivity contribution in [1.82, 2.24) is 5.32 Å². The molecule has 0 radical (unpaired) electrons. The Morgan fingerprint density at radius 3 is 2.80 bits per heavy atom. The first-order valence-electron chi connectivity index (χ1n) is 2.87. The molecule has 0 atom stereocenters. The standard InChI is InChI=1S/C7H10FNO/c1-6(2)7(10)9-5-3-4-8/h3-4H,1,5H2,2H3,(H,9,10).